The van der Waals surface area contributed by atoms with Crippen molar-refractivity contribution in [1.82, 2.24) is 4.90 Å². The van der Waals surface area contributed by atoms with Gasteiger partial charge >= 0.3 is 0 Å². The van der Waals surface area contributed by atoms with Crippen molar-refractivity contribution in [2.24, 2.45) is 0 Å². The van der Waals surface area contributed by atoms with Gasteiger partial charge in [0.1, 0.15) is 11.6 Å². The van der Waals surface area contributed by atoms with Crippen molar-refractivity contribution in [3.8, 4) is 6.07 Å². The lowest BCUT2D eigenvalue weighted by Crippen LogP contribution is -2.88. The number of nitrogens with zero attached hydrogens (tertiary/aromatic N) is 2. The normalized spacial score (nSPS) is 12.5. The lowest BCUT2D eigenvalue weighted by atomic mass is 10.0. The summed E-state index contributed by atoms with van der Waals surface area (Å²) in [6, 6.07) is 14.8. The molecule has 24 heavy (non-hydrogen) atoms. The number of likely N-dealkylation sites (N-methyl/N-ethyl adjacent to an activating group) is 1. The SMILES string of the molecule is Cc1ccc([C@@H]([NH2+]CC(=O)N(C)C(C)(C)C#N)c2cccs2)cc1. The van der Waals surface area contributed by atoms with Crippen LogP contribution >= 0.6 is 11.3 Å². The van der Waals surface area contributed by atoms with Crippen LogP contribution in [0.15, 0.2) is 41.8 Å². The topological polar surface area (TPSA) is 60.7 Å². The third-order valence-corrected chi connectivity index (χ3v) is 5.26. The van der Waals surface area contributed by atoms with Gasteiger partial charge in [0.05, 0.1) is 10.9 Å². The van der Waals surface area contributed by atoms with E-state index in [-0.39, 0.29) is 11.9 Å². The van der Waals surface area contributed by atoms with E-state index >= 15 is 0 Å². The fraction of sp³-hybridized carbons (Fsp3) is 0.368. The number of thiophene rings is 1. The molecule has 5 heteroatoms. The summed E-state index contributed by atoms with van der Waals surface area (Å²) in [6.07, 6.45) is 0. The zero-order valence-electron chi connectivity index (χ0n) is 14.6. The summed E-state index contributed by atoms with van der Waals surface area (Å²) in [6.45, 7) is 5.87. The highest BCUT2D eigenvalue weighted by Gasteiger charge is 2.29. The maximum Gasteiger partial charge on any atom is 0.278 e. The Morgan fingerprint density at radius 2 is 2.00 bits per heavy atom. The first-order chi connectivity index (χ1) is 11.3. The molecule has 1 heterocycles. The summed E-state index contributed by atoms with van der Waals surface area (Å²) >= 11 is 1.69. The van der Waals surface area contributed by atoms with Crippen LogP contribution in [0.3, 0.4) is 0 Å². The van der Waals surface area contributed by atoms with E-state index in [1.165, 1.54) is 20.9 Å². The molecule has 0 aliphatic heterocycles. The van der Waals surface area contributed by atoms with Crippen LogP contribution in [0.4, 0.5) is 0 Å². The zero-order chi connectivity index (χ0) is 17.7. The van der Waals surface area contributed by atoms with Crippen molar-refractivity contribution in [2.75, 3.05) is 13.6 Å². The van der Waals surface area contributed by atoms with E-state index in [4.69, 9.17) is 0 Å². The van der Waals surface area contributed by atoms with Gasteiger partial charge in [-0.25, -0.2) is 0 Å². The Morgan fingerprint density at radius 1 is 1.33 bits per heavy atom. The molecular formula is C19H24N3OS+. The van der Waals surface area contributed by atoms with Gasteiger partial charge in [-0.15, -0.1) is 11.3 Å². The minimum Gasteiger partial charge on any atom is -0.328 e. The smallest absolute Gasteiger partial charge is 0.278 e. The number of amides is 1. The standard InChI is InChI=1S/C19H23N3OS/c1-14-7-9-15(10-8-14)18(16-6-5-11-24-16)21-12-17(23)22(4)19(2,3)13-20/h5-11,18,21H,12H2,1-4H3/p+1/t18-/m1/s1. The van der Waals surface area contributed by atoms with Crippen LogP contribution in [0, 0.1) is 18.3 Å². The van der Waals surface area contributed by atoms with E-state index in [1.54, 1.807) is 32.2 Å². The molecule has 4 nitrogen and oxygen atoms in total. The molecular weight excluding hydrogens is 318 g/mol. The molecule has 0 aliphatic carbocycles. The Hall–Kier alpha value is -2.16. The van der Waals surface area contributed by atoms with Crippen LogP contribution < -0.4 is 5.32 Å². The molecule has 0 unspecified atom stereocenters. The predicted octanol–water partition coefficient (Wildman–Crippen LogP) is 2.47. The van der Waals surface area contributed by atoms with Crippen molar-refractivity contribution < 1.29 is 10.1 Å². The van der Waals surface area contributed by atoms with Crippen LogP contribution in [-0.4, -0.2) is 29.9 Å². The number of aryl methyl sites for hydroxylation is 1. The molecule has 1 aromatic carbocycles. The first kappa shape index (κ1) is 18.2. The molecule has 0 saturated heterocycles. The molecule has 0 spiro atoms. The largest absolute Gasteiger partial charge is 0.328 e. The second kappa shape index (κ2) is 7.61. The third kappa shape index (κ3) is 4.22. The molecule has 0 saturated carbocycles. The van der Waals surface area contributed by atoms with Gasteiger partial charge in [-0.3, -0.25) is 4.79 Å². The van der Waals surface area contributed by atoms with E-state index in [9.17, 15) is 10.1 Å². The monoisotopic (exact) mass is 342 g/mol. The van der Waals surface area contributed by atoms with Crippen molar-refractivity contribution in [3.63, 3.8) is 0 Å². The fourth-order valence-electron chi connectivity index (χ4n) is 2.40. The van der Waals surface area contributed by atoms with Crippen molar-refractivity contribution in [3.05, 3.63) is 57.8 Å². The summed E-state index contributed by atoms with van der Waals surface area (Å²) in [4.78, 5) is 15.2. The van der Waals surface area contributed by atoms with Gasteiger partial charge in [-0.05, 0) is 32.2 Å². The number of benzene rings is 1. The average molecular weight is 342 g/mol. The average Bonchev–Trinajstić information content (AvgIpc) is 3.10. The number of quaternary nitrogens is 1. The Bertz CT molecular complexity index is 714. The molecule has 1 atom stereocenters. The fourth-order valence-corrected chi connectivity index (χ4v) is 3.25. The number of carbonyl (C=O) groups is 1. The number of nitrogens with two attached hydrogens (primary N) is 1. The number of hydrogen-bond acceptors (Lipinski definition) is 3. The molecule has 2 aromatic rings. The van der Waals surface area contributed by atoms with Crippen LogP contribution in [0.5, 0.6) is 0 Å². The number of nitriles is 1. The molecule has 0 radical (unpaired) electrons. The van der Waals surface area contributed by atoms with Gasteiger partial charge in [0.25, 0.3) is 5.91 Å². The molecule has 2 rings (SSSR count). The van der Waals surface area contributed by atoms with Crippen LogP contribution in [0.25, 0.3) is 0 Å². The Morgan fingerprint density at radius 3 is 2.54 bits per heavy atom. The van der Waals surface area contributed by atoms with Gasteiger partial charge in [-0.1, -0.05) is 35.9 Å². The number of hydrogen-bond donors (Lipinski definition) is 1. The van der Waals surface area contributed by atoms with Crippen LogP contribution in [-0.2, 0) is 4.79 Å². The molecule has 1 amide bonds. The highest BCUT2D eigenvalue weighted by molar-refractivity contribution is 7.10. The van der Waals surface area contributed by atoms with Gasteiger partial charge in [0.2, 0.25) is 0 Å². The first-order valence-electron chi connectivity index (χ1n) is 7.96. The van der Waals surface area contributed by atoms with Crippen LogP contribution in [0.2, 0.25) is 0 Å². The van der Waals surface area contributed by atoms with E-state index < -0.39 is 5.54 Å². The molecule has 126 valence electrons. The Balaban J connectivity index is 2.14. The maximum atomic E-state index is 12.5. The third-order valence-electron chi connectivity index (χ3n) is 4.30. The minimum atomic E-state index is -0.798. The van der Waals surface area contributed by atoms with Gasteiger partial charge in [-0.2, -0.15) is 5.26 Å². The van der Waals surface area contributed by atoms with Crippen molar-refractivity contribution >= 4 is 17.2 Å². The second-order valence-electron chi connectivity index (χ2n) is 6.47. The lowest BCUT2D eigenvalue weighted by Gasteiger charge is -2.29. The summed E-state index contributed by atoms with van der Waals surface area (Å²) in [5.74, 6) is -0.0461. The lowest BCUT2D eigenvalue weighted by molar-refractivity contribution is -0.676. The minimum absolute atomic E-state index is 0.0461. The molecule has 2 N–H and O–H groups in total. The zero-order valence-corrected chi connectivity index (χ0v) is 15.4. The van der Waals surface area contributed by atoms with E-state index in [0.29, 0.717) is 6.54 Å². The van der Waals surface area contributed by atoms with Gasteiger partial charge in [0, 0.05) is 12.6 Å². The summed E-state index contributed by atoms with van der Waals surface area (Å²) < 4.78 is 0. The summed E-state index contributed by atoms with van der Waals surface area (Å²) in [5.41, 5.74) is 1.60. The quantitative estimate of drug-likeness (QED) is 0.877. The van der Waals surface area contributed by atoms with E-state index in [1.807, 2.05) is 11.4 Å². The first-order valence-corrected chi connectivity index (χ1v) is 8.84. The van der Waals surface area contributed by atoms with Gasteiger partial charge < -0.3 is 10.2 Å². The maximum absolute atomic E-state index is 12.5. The molecule has 0 aliphatic rings. The number of rotatable bonds is 6. The number of carbonyl (C=O) groups excluding carboxylic acids is 1. The Kier molecular flexibility index (Phi) is 5.76. The van der Waals surface area contributed by atoms with Crippen molar-refractivity contribution in [2.45, 2.75) is 32.4 Å². The second-order valence-corrected chi connectivity index (χ2v) is 7.45. The molecule has 1 aromatic heterocycles. The molecule has 0 fully saturated rings. The van der Waals surface area contributed by atoms with E-state index in [0.717, 1.165) is 0 Å². The van der Waals surface area contributed by atoms with Gasteiger partial charge in [0.15, 0.2) is 6.54 Å². The van der Waals surface area contributed by atoms with Crippen LogP contribution in [0.1, 0.15) is 35.9 Å². The molecule has 0 bridgehead atoms. The van der Waals surface area contributed by atoms with Crippen molar-refractivity contribution in [1.29, 1.82) is 5.26 Å². The summed E-state index contributed by atoms with van der Waals surface area (Å²) in [7, 11) is 1.69. The van der Waals surface area contributed by atoms with E-state index in [2.05, 4.69) is 48.7 Å². The highest BCUT2D eigenvalue weighted by Crippen LogP contribution is 2.23. The summed E-state index contributed by atoms with van der Waals surface area (Å²) in [5, 5.41) is 13.3. The Labute approximate surface area is 147 Å². The predicted molar refractivity (Wildman–Crippen MR) is 96.6 cm³/mol. The highest BCUT2D eigenvalue weighted by atomic mass is 32.1.